The summed E-state index contributed by atoms with van der Waals surface area (Å²) in [5, 5.41) is 1.02. The van der Waals surface area contributed by atoms with Crippen molar-refractivity contribution >= 4 is 23.2 Å². The molecule has 38 heavy (non-hydrogen) atoms. The van der Waals surface area contributed by atoms with Gasteiger partial charge in [0.25, 0.3) is 0 Å². The van der Waals surface area contributed by atoms with E-state index in [1.807, 2.05) is 82.2 Å². The third-order valence-corrected chi connectivity index (χ3v) is 6.92. The Morgan fingerprint density at radius 1 is 0.974 bits per heavy atom. The molecule has 2 unspecified atom stereocenters. The van der Waals surface area contributed by atoms with Gasteiger partial charge in [-0.1, -0.05) is 59.6 Å². The molecule has 2 atom stereocenters. The molecule has 1 aliphatic heterocycles. The van der Waals surface area contributed by atoms with E-state index < -0.39 is 5.79 Å². The highest BCUT2D eigenvalue weighted by Gasteiger charge is 2.45. The van der Waals surface area contributed by atoms with E-state index in [4.69, 9.17) is 37.4 Å². The number of ether oxygens (including phenoxy) is 3. The first-order valence-electron chi connectivity index (χ1n) is 12.1. The standard InChI is InChI=1S/C29H24Cl2N4O3/c30-22-6-11-26(27(31)16-22)29(19-34-14-12-32-20-34)37-18-25(38-29)17-36-24-9-7-23(8-10-24)35-15-13-33-28(35)21-4-2-1-3-5-21/h1-16,20,25H,17-19H2. The fraction of sp³-hybridized carbons (Fsp3) is 0.172. The smallest absolute Gasteiger partial charge is 0.215 e. The van der Waals surface area contributed by atoms with Gasteiger partial charge in [-0.3, -0.25) is 4.57 Å². The number of benzene rings is 3. The van der Waals surface area contributed by atoms with Gasteiger partial charge in [0, 0.05) is 46.6 Å². The molecule has 7 nitrogen and oxygen atoms in total. The largest absolute Gasteiger partial charge is 0.491 e. The SMILES string of the molecule is Clc1ccc(C2(Cn3ccnc3)OCC(COc3ccc(-n4ccnc4-c4ccccc4)cc3)O2)c(Cl)c1. The lowest BCUT2D eigenvalue weighted by atomic mass is 10.1. The van der Waals surface area contributed by atoms with Crippen molar-refractivity contribution in [3.8, 4) is 22.8 Å². The molecule has 0 saturated carbocycles. The topological polar surface area (TPSA) is 63.3 Å². The molecule has 1 aliphatic rings. The molecule has 0 spiro atoms. The van der Waals surface area contributed by atoms with Gasteiger partial charge in [0.05, 0.1) is 24.5 Å². The van der Waals surface area contributed by atoms with Gasteiger partial charge in [-0.2, -0.15) is 0 Å². The first kappa shape index (κ1) is 24.7. The zero-order valence-electron chi connectivity index (χ0n) is 20.3. The van der Waals surface area contributed by atoms with Crippen LogP contribution in [0.15, 0.2) is 104 Å². The average molecular weight is 547 g/mol. The van der Waals surface area contributed by atoms with Crippen LogP contribution in [0, 0.1) is 0 Å². The van der Waals surface area contributed by atoms with E-state index in [1.165, 1.54) is 0 Å². The summed E-state index contributed by atoms with van der Waals surface area (Å²) < 4.78 is 22.8. The van der Waals surface area contributed by atoms with E-state index in [2.05, 4.69) is 9.97 Å². The first-order chi connectivity index (χ1) is 18.6. The summed E-state index contributed by atoms with van der Waals surface area (Å²) in [5.74, 6) is 0.524. The molecule has 0 aliphatic carbocycles. The minimum Gasteiger partial charge on any atom is -0.491 e. The van der Waals surface area contributed by atoms with Crippen LogP contribution in [0.5, 0.6) is 5.75 Å². The van der Waals surface area contributed by atoms with Crippen molar-refractivity contribution in [2.24, 2.45) is 0 Å². The summed E-state index contributed by atoms with van der Waals surface area (Å²) in [7, 11) is 0. The van der Waals surface area contributed by atoms with E-state index in [1.54, 1.807) is 30.9 Å². The van der Waals surface area contributed by atoms with Crippen LogP contribution in [-0.2, 0) is 21.8 Å². The molecule has 192 valence electrons. The van der Waals surface area contributed by atoms with Gasteiger partial charge in [-0.05, 0) is 36.4 Å². The molecule has 3 heterocycles. The molecular weight excluding hydrogens is 523 g/mol. The van der Waals surface area contributed by atoms with Crippen molar-refractivity contribution in [2.75, 3.05) is 13.2 Å². The predicted molar refractivity (Wildman–Crippen MR) is 146 cm³/mol. The monoisotopic (exact) mass is 546 g/mol. The molecule has 9 heteroatoms. The van der Waals surface area contributed by atoms with Gasteiger partial charge in [0.15, 0.2) is 0 Å². The maximum atomic E-state index is 6.56. The van der Waals surface area contributed by atoms with E-state index in [0.717, 1.165) is 22.8 Å². The Balaban J connectivity index is 1.15. The third-order valence-electron chi connectivity index (χ3n) is 6.37. The number of hydrogen-bond donors (Lipinski definition) is 0. The van der Waals surface area contributed by atoms with Gasteiger partial charge < -0.3 is 18.8 Å². The van der Waals surface area contributed by atoms with Gasteiger partial charge in [-0.15, -0.1) is 0 Å². The van der Waals surface area contributed by atoms with Gasteiger partial charge in [-0.25, -0.2) is 9.97 Å². The predicted octanol–water partition coefficient (Wildman–Crippen LogP) is 6.39. The third kappa shape index (κ3) is 5.06. The number of hydrogen-bond acceptors (Lipinski definition) is 5. The van der Waals surface area contributed by atoms with Crippen molar-refractivity contribution in [3.63, 3.8) is 0 Å². The second kappa shape index (κ2) is 10.6. The average Bonchev–Trinajstić information content (AvgIpc) is 3.71. The lowest BCUT2D eigenvalue weighted by molar-refractivity contribution is -0.189. The Hall–Kier alpha value is -3.62. The molecule has 1 fully saturated rings. The quantitative estimate of drug-likeness (QED) is 0.225. The molecule has 3 aromatic carbocycles. The minimum absolute atomic E-state index is 0.303. The highest BCUT2D eigenvalue weighted by molar-refractivity contribution is 6.35. The Labute approximate surface area is 230 Å². The summed E-state index contributed by atoms with van der Waals surface area (Å²) in [6.07, 6.45) is 8.73. The Kier molecular flexibility index (Phi) is 6.91. The second-order valence-electron chi connectivity index (χ2n) is 8.95. The van der Waals surface area contributed by atoms with E-state index in [9.17, 15) is 0 Å². The van der Waals surface area contributed by atoms with Crippen LogP contribution in [0.1, 0.15) is 5.56 Å². The fourth-order valence-corrected chi connectivity index (χ4v) is 5.13. The van der Waals surface area contributed by atoms with Crippen LogP contribution >= 0.6 is 23.2 Å². The number of imidazole rings is 2. The Morgan fingerprint density at radius 2 is 1.82 bits per heavy atom. The minimum atomic E-state index is -1.09. The maximum absolute atomic E-state index is 6.56. The molecule has 0 bridgehead atoms. The highest BCUT2D eigenvalue weighted by atomic mass is 35.5. The fourth-order valence-electron chi connectivity index (χ4n) is 4.58. The Bertz CT molecular complexity index is 1510. The molecule has 6 rings (SSSR count). The molecule has 5 aromatic rings. The maximum Gasteiger partial charge on any atom is 0.215 e. The molecule has 1 saturated heterocycles. The van der Waals surface area contributed by atoms with Crippen LogP contribution in [0.4, 0.5) is 0 Å². The van der Waals surface area contributed by atoms with Crippen molar-refractivity contribution in [1.29, 1.82) is 0 Å². The van der Waals surface area contributed by atoms with Crippen LogP contribution in [0.25, 0.3) is 17.1 Å². The van der Waals surface area contributed by atoms with Crippen LogP contribution in [0.3, 0.4) is 0 Å². The zero-order chi connectivity index (χ0) is 26.0. The number of nitrogens with zero attached hydrogens (tertiary/aromatic N) is 4. The zero-order valence-corrected chi connectivity index (χ0v) is 21.8. The summed E-state index contributed by atoms with van der Waals surface area (Å²) in [6.45, 7) is 1.05. The second-order valence-corrected chi connectivity index (χ2v) is 9.80. The van der Waals surface area contributed by atoms with Crippen molar-refractivity contribution in [2.45, 2.75) is 18.4 Å². The van der Waals surface area contributed by atoms with Crippen LogP contribution < -0.4 is 4.74 Å². The van der Waals surface area contributed by atoms with Gasteiger partial charge >= 0.3 is 0 Å². The molecule has 0 radical (unpaired) electrons. The van der Waals surface area contributed by atoms with Gasteiger partial charge in [0.1, 0.15) is 24.3 Å². The first-order valence-corrected chi connectivity index (χ1v) is 12.9. The summed E-state index contributed by atoms with van der Waals surface area (Å²) >= 11 is 12.7. The van der Waals surface area contributed by atoms with E-state index in [-0.39, 0.29) is 6.10 Å². The van der Waals surface area contributed by atoms with Crippen molar-refractivity contribution in [1.82, 2.24) is 19.1 Å². The molecule has 0 N–H and O–H groups in total. The van der Waals surface area contributed by atoms with E-state index >= 15 is 0 Å². The molecular formula is C29H24Cl2N4O3. The van der Waals surface area contributed by atoms with Crippen molar-refractivity contribution in [3.05, 3.63) is 120 Å². The lowest BCUT2D eigenvalue weighted by Gasteiger charge is -2.30. The normalized spacial score (nSPS) is 19.1. The van der Waals surface area contributed by atoms with Crippen LogP contribution in [0.2, 0.25) is 10.0 Å². The van der Waals surface area contributed by atoms with Gasteiger partial charge in [0.2, 0.25) is 5.79 Å². The number of rotatable bonds is 8. The van der Waals surface area contributed by atoms with E-state index in [0.29, 0.717) is 35.4 Å². The highest BCUT2D eigenvalue weighted by Crippen LogP contribution is 2.40. The van der Waals surface area contributed by atoms with Crippen molar-refractivity contribution < 1.29 is 14.2 Å². The number of halogens is 2. The summed E-state index contributed by atoms with van der Waals surface area (Å²) in [4.78, 5) is 8.66. The molecule has 0 amide bonds. The Morgan fingerprint density at radius 3 is 2.58 bits per heavy atom. The molecule has 2 aromatic heterocycles. The summed E-state index contributed by atoms with van der Waals surface area (Å²) in [5.41, 5.74) is 2.75. The lowest BCUT2D eigenvalue weighted by Crippen LogP contribution is -2.34. The summed E-state index contributed by atoms with van der Waals surface area (Å²) in [6, 6.07) is 23.3. The number of aromatic nitrogens is 4. The van der Waals surface area contributed by atoms with Crippen LogP contribution in [-0.4, -0.2) is 38.4 Å².